The summed E-state index contributed by atoms with van der Waals surface area (Å²) in [5, 5.41) is 0. The molecule has 0 N–H and O–H groups in total. The highest BCUT2D eigenvalue weighted by molar-refractivity contribution is 5.75. The number of esters is 1. The largest absolute Gasteiger partial charge is 0.464 e. The molecule has 0 bridgehead atoms. The van der Waals surface area contributed by atoms with Gasteiger partial charge in [-0.05, 0) is 44.0 Å². The quantitative estimate of drug-likeness (QED) is 0.361. The van der Waals surface area contributed by atoms with Gasteiger partial charge in [-0.2, -0.15) is 0 Å². The number of aryl methyl sites for hydroxylation is 1. The highest BCUT2D eigenvalue weighted by Crippen LogP contribution is 2.30. The van der Waals surface area contributed by atoms with Crippen molar-refractivity contribution in [3.8, 4) is 23.3 Å². The Hall–Kier alpha value is -1.99. The number of ether oxygens (including phenoxy) is 2. The fourth-order valence-corrected chi connectivity index (χ4v) is 2.32. The predicted molar refractivity (Wildman–Crippen MR) is 81.2 cm³/mol. The lowest BCUT2D eigenvalue weighted by Gasteiger charge is -2.26. The van der Waals surface area contributed by atoms with E-state index in [9.17, 15) is 4.79 Å². The highest BCUT2D eigenvalue weighted by Gasteiger charge is 2.19. The summed E-state index contributed by atoms with van der Waals surface area (Å²) in [7, 11) is 0. The second-order valence-corrected chi connectivity index (χ2v) is 4.83. The molecule has 21 heavy (non-hydrogen) atoms. The molecule has 1 atom stereocenters. The van der Waals surface area contributed by atoms with Gasteiger partial charge in [-0.15, -0.1) is 5.92 Å². The zero-order chi connectivity index (χ0) is 15.2. The summed E-state index contributed by atoms with van der Waals surface area (Å²) in [5.41, 5.74) is 1.04. The normalized spacial score (nSPS) is 14.8. The third-order valence-electron chi connectivity index (χ3n) is 3.52. The molecular formula is C17H21NO3. The van der Waals surface area contributed by atoms with Crippen LogP contribution in [0.15, 0.2) is 18.2 Å². The number of hydrogen-bond acceptors (Lipinski definition) is 4. The molecule has 1 aromatic carbocycles. The summed E-state index contributed by atoms with van der Waals surface area (Å²) in [6.45, 7) is 7.66. The number of hydrogen-bond donors (Lipinski definition) is 0. The van der Waals surface area contributed by atoms with Crippen LogP contribution in [0.4, 0.5) is 0 Å². The monoisotopic (exact) mass is 287 g/mol. The highest BCUT2D eigenvalue weighted by atomic mass is 16.5. The van der Waals surface area contributed by atoms with Crippen molar-refractivity contribution >= 4 is 5.97 Å². The van der Waals surface area contributed by atoms with Gasteiger partial charge in [0.15, 0.2) is 0 Å². The van der Waals surface area contributed by atoms with E-state index >= 15 is 0 Å². The first-order valence-electron chi connectivity index (χ1n) is 7.34. The van der Waals surface area contributed by atoms with Crippen LogP contribution in [0.3, 0.4) is 0 Å². The van der Waals surface area contributed by atoms with Gasteiger partial charge < -0.3 is 9.47 Å². The summed E-state index contributed by atoms with van der Waals surface area (Å²) in [6.07, 6.45) is 0.876. The first kappa shape index (κ1) is 15.4. The summed E-state index contributed by atoms with van der Waals surface area (Å²) in [4.78, 5) is 13.5. The summed E-state index contributed by atoms with van der Waals surface area (Å²) >= 11 is 0. The van der Waals surface area contributed by atoms with Gasteiger partial charge >= 0.3 is 5.97 Å². The lowest BCUT2D eigenvalue weighted by Crippen LogP contribution is -2.38. The van der Waals surface area contributed by atoms with Crippen LogP contribution in [0.25, 0.3) is 0 Å². The third kappa shape index (κ3) is 3.77. The van der Waals surface area contributed by atoms with Crippen molar-refractivity contribution in [1.82, 2.24) is 4.90 Å². The van der Waals surface area contributed by atoms with Gasteiger partial charge in [-0.1, -0.05) is 19.9 Å². The van der Waals surface area contributed by atoms with Crippen molar-refractivity contribution in [2.75, 3.05) is 13.1 Å². The zero-order valence-corrected chi connectivity index (χ0v) is 12.8. The van der Waals surface area contributed by atoms with E-state index in [1.54, 1.807) is 13.0 Å². The Labute approximate surface area is 126 Å². The Kier molecular flexibility index (Phi) is 5.24. The lowest BCUT2D eigenvalue weighted by atomic mass is 10.1. The van der Waals surface area contributed by atoms with E-state index in [1.807, 2.05) is 12.1 Å². The molecule has 0 saturated carbocycles. The molecule has 4 heteroatoms. The van der Waals surface area contributed by atoms with E-state index in [4.69, 9.17) is 9.47 Å². The first-order chi connectivity index (χ1) is 10.2. The molecule has 0 aliphatic carbocycles. The Morgan fingerprint density at radius 2 is 2.10 bits per heavy atom. The number of carbonyl (C=O) groups is 1. The molecule has 112 valence electrons. The third-order valence-corrected chi connectivity index (χ3v) is 3.52. The number of nitrogens with zero attached hydrogens (tertiary/aromatic N) is 1. The van der Waals surface area contributed by atoms with Crippen LogP contribution in [0.2, 0.25) is 0 Å². The van der Waals surface area contributed by atoms with Crippen molar-refractivity contribution in [1.29, 1.82) is 0 Å². The van der Waals surface area contributed by atoms with Crippen LogP contribution in [0.5, 0.6) is 11.5 Å². The Morgan fingerprint density at radius 3 is 2.76 bits per heavy atom. The van der Waals surface area contributed by atoms with Gasteiger partial charge in [0.1, 0.15) is 11.5 Å². The molecule has 1 heterocycles. The van der Waals surface area contributed by atoms with E-state index in [0.29, 0.717) is 17.9 Å². The SMILES string of the molecule is CC#CC(Oc1ccc2c(c1)OC(=O)CC2)N(CC)CC. The molecule has 0 fully saturated rings. The van der Waals surface area contributed by atoms with Crippen LogP contribution in [-0.4, -0.2) is 30.2 Å². The number of carbonyl (C=O) groups excluding carboxylic acids is 1. The molecule has 0 amide bonds. The van der Waals surface area contributed by atoms with Gasteiger partial charge in [0.2, 0.25) is 6.23 Å². The van der Waals surface area contributed by atoms with Crippen LogP contribution < -0.4 is 9.47 Å². The average molecular weight is 287 g/mol. The molecule has 0 radical (unpaired) electrons. The number of fused-ring (bicyclic) bond motifs is 1. The minimum Gasteiger partial charge on any atom is -0.464 e. The molecule has 1 aromatic rings. The smallest absolute Gasteiger partial charge is 0.311 e. The molecule has 1 unspecified atom stereocenters. The van der Waals surface area contributed by atoms with E-state index in [-0.39, 0.29) is 12.2 Å². The minimum atomic E-state index is -0.289. The van der Waals surface area contributed by atoms with Crippen molar-refractivity contribution in [2.45, 2.75) is 39.8 Å². The molecule has 1 aliphatic heterocycles. The van der Waals surface area contributed by atoms with E-state index in [1.165, 1.54) is 0 Å². The van der Waals surface area contributed by atoms with Crippen LogP contribution >= 0.6 is 0 Å². The van der Waals surface area contributed by atoms with Gasteiger partial charge in [-0.25, -0.2) is 0 Å². The second kappa shape index (κ2) is 7.14. The zero-order valence-electron chi connectivity index (χ0n) is 12.8. The maximum absolute atomic E-state index is 11.4. The molecular weight excluding hydrogens is 266 g/mol. The average Bonchev–Trinajstić information content (AvgIpc) is 2.48. The Bertz CT molecular complexity index is 567. The summed E-state index contributed by atoms with van der Waals surface area (Å²) < 4.78 is 11.2. The van der Waals surface area contributed by atoms with Crippen LogP contribution in [-0.2, 0) is 11.2 Å². The Balaban J connectivity index is 2.18. The van der Waals surface area contributed by atoms with Gasteiger partial charge in [-0.3, -0.25) is 9.69 Å². The number of benzene rings is 1. The first-order valence-corrected chi connectivity index (χ1v) is 7.34. The lowest BCUT2D eigenvalue weighted by molar-refractivity contribution is -0.135. The summed E-state index contributed by atoms with van der Waals surface area (Å²) in [6, 6.07) is 5.64. The van der Waals surface area contributed by atoms with Crippen molar-refractivity contribution < 1.29 is 14.3 Å². The van der Waals surface area contributed by atoms with Crippen molar-refractivity contribution in [3.05, 3.63) is 23.8 Å². The van der Waals surface area contributed by atoms with Crippen LogP contribution in [0.1, 0.15) is 32.8 Å². The Morgan fingerprint density at radius 1 is 1.33 bits per heavy atom. The van der Waals surface area contributed by atoms with E-state index in [0.717, 1.165) is 25.1 Å². The molecule has 2 rings (SSSR count). The second-order valence-electron chi connectivity index (χ2n) is 4.83. The van der Waals surface area contributed by atoms with Gasteiger partial charge in [0.25, 0.3) is 0 Å². The molecule has 0 spiro atoms. The van der Waals surface area contributed by atoms with Crippen LogP contribution in [0, 0.1) is 11.8 Å². The minimum absolute atomic E-state index is 0.187. The van der Waals surface area contributed by atoms with Gasteiger partial charge in [0, 0.05) is 6.07 Å². The molecule has 0 saturated heterocycles. The maximum atomic E-state index is 11.4. The molecule has 4 nitrogen and oxygen atoms in total. The maximum Gasteiger partial charge on any atom is 0.311 e. The molecule has 0 aromatic heterocycles. The van der Waals surface area contributed by atoms with E-state index < -0.39 is 0 Å². The van der Waals surface area contributed by atoms with Gasteiger partial charge in [0.05, 0.1) is 6.42 Å². The summed E-state index contributed by atoms with van der Waals surface area (Å²) in [5.74, 6) is 7.06. The van der Waals surface area contributed by atoms with Crippen molar-refractivity contribution in [3.63, 3.8) is 0 Å². The number of rotatable bonds is 5. The van der Waals surface area contributed by atoms with Crippen molar-refractivity contribution in [2.24, 2.45) is 0 Å². The van der Waals surface area contributed by atoms with E-state index in [2.05, 4.69) is 30.6 Å². The predicted octanol–water partition coefficient (Wildman–Crippen LogP) is 2.61. The topological polar surface area (TPSA) is 38.8 Å². The fraction of sp³-hybridized carbons (Fsp3) is 0.471. The standard InChI is InChI=1S/C17H21NO3/c1-4-7-16(18(5-2)6-3)20-14-10-8-13-9-11-17(19)21-15(13)12-14/h8,10,12,16H,5-6,9,11H2,1-3H3. The molecule has 1 aliphatic rings. The fourth-order valence-electron chi connectivity index (χ4n) is 2.32.